The molecule has 2 heterocycles. The average Bonchev–Trinajstić information content (AvgIpc) is 3.26. The molecule has 1 aromatic heterocycles. The summed E-state index contributed by atoms with van der Waals surface area (Å²) >= 11 is 0. The van der Waals surface area contributed by atoms with Crippen LogP contribution in [0, 0.1) is 0 Å². The van der Waals surface area contributed by atoms with E-state index in [0.717, 1.165) is 42.9 Å². The SMILES string of the molecule is COc1cc(NC(=O)CCN2CCC(c3nc4ccccc4o3)CC2)cc(OC)c1OC. The maximum absolute atomic E-state index is 12.5. The predicted molar refractivity (Wildman–Crippen MR) is 122 cm³/mol. The number of anilines is 1. The van der Waals surface area contributed by atoms with Gasteiger partial charge in [-0.1, -0.05) is 12.1 Å². The molecule has 1 fully saturated rings. The highest BCUT2D eigenvalue weighted by atomic mass is 16.5. The number of para-hydroxylation sites is 2. The number of fused-ring (bicyclic) bond motifs is 1. The first kappa shape index (κ1) is 22.0. The van der Waals surface area contributed by atoms with Crippen molar-refractivity contribution in [1.82, 2.24) is 9.88 Å². The van der Waals surface area contributed by atoms with Crippen molar-refractivity contribution in [2.75, 3.05) is 46.3 Å². The number of likely N-dealkylation sites (tertiary alicyclic amines) is 1. The number of hydrogen-bond donors (Lipinski definition) is 1. The lowest BCUT2D eigenvalue weighted by atomic mass is 9.96. The molecule has 0 unspecified atom stereocenters. The third-order valence-corrected chi connectivity index (χ3v) is 5.85. The van der Waals surface area contributed by atoms with E-state index in [4.69, 9.17) is 18.6 Å². The largest absolute Gasteiger partial charge is 0.493 e. The summed E-state index contributed by atoms with van der Waals surface area (Å²) in [7, 11) is 4.65. The molecule has 8 heteroatoms. The van der Waals surface area contributed by atoms with Crippen molar-refractivity contribution in [1.29, 1.82) is 0 Å². The molecule has 32 heavy (non-hydrogen) atoms. The second kappa shape index (κ2) is 9.91. The summed E-state index contributed by atoms with van der Waals surface area (Å²) in [6.45, 7) is 2.54. The second-order valence-corrected chi connectivity index (χ2v) is 7.85. The Bertz CT molecular complexity index is 1010. The molecule has 2 aromatic carbocycles. The molecule has 4 rings (SSSR count). The second-order valence-electron chi connectivity index (χ2n) is 7.85. The summed E-state index contributed by atoms with van der Waals surface area (Å²) in [5.74, 6) is 2.60. The molecular weight excluding hydrogens is 410 g/mol. The van der Waals surface area contributed by atoms with Crippen molar-refractivity contribution >= 4 is 22.7 Å². The lowest BCUT2D eigenvalue weighted by Crippen LogP contribution is -2.35. The topological polar surface area (TPSA) is 86.1 Å². The number of methoxy groups -OCH3 is 3. The van der Waals surface area contributed by atoms with Crippen LogP contribution in [0.3, 0.4) is 0 Å². The van der Waals surface area contributed by atoms with Crippen LogP contribution in [0.25, 0.3) is 11.1 Å². The summed E-state index contributed by atoms with van der Waals surface area (Å²) < 4.78 is 21.9. The Morgan fingerprint density at radius 1 is 1.09 bits per heavy atom. The Labute approximate surface area is 187 Å². The average molecular weight is 440 g/mol. The van der Waals surface area contributed by atoms with Gasteiger partial charge in [-0.3, -0.25) is 4.79 Å². The molecule has 1 aliphatic rings. The molecule has 1 aliphatic heterocycles. The summed E-state index contributed by atoms with van der Waals surface area (Å²) in [6, 6.07) is 11.3. The molecule has 3 aromatic rings. The van der Waals surface area contributed by atoms with Crippen LogP contribution in [0.4, 0.5) is 5.69 Å². The molecule has 1 saturated heterocycles. The molecule has 8 nitrogen and oxygen atoms in total. The van der Waals surface area contributed by atoms with Crippen LogP contribution >= 0.6 is 0 Å². The Morgan fingerprint density at radius 2 is 1.78 bits per heavy atom. The Kier molecular flexibility index (Phi) is 6.80. The highest BCUT2D eigenvalue weighted by molar-refractivity contribution is 5.91. The van der Waals surface area contributed by atoms with Gasteiger partial charge < -0.3 is 28.8 Å². The molecule has 1 amide bonds. The van der Waals surface area contributed by atoms with Gasteiger partial charge in [0.2, 0.25) is 11.7 Å². The number of nitrogens with zero attached hydrogens (tertiary/aromatic N) is 2. The van der Waals surface area contributed by atoms with Gasteiger partial charge in [-0.15, -0.1) is 0 Å². The normalized spacial score (nSPS) is 15.0. The number of benzene rings is 2. The number of aromatic nitrogens is 1. The first-order chi connectivity index (χ1) is 15.6. The number of hydrogen-bond acceptors (Lipinski definition) is 7. The molecule has 170 valence electrons. The lowest BCUT2D eigenvalue weighted by Gasteiger charge is -2.30. The first-order valence-corrected chi connectivity index (χ1v) is 10.8. The van der Waals surface area contributed by atoms with Crippen molar-refractivity contribution in [2.45, 2.75) is 25.2 Å². The molecule has 0 radical (unpaired) electrons. The highest BCUT2D eigenvalue weighted by Crippen LogP contribution is 2.40. The van der Waals surface area contributed by atoms with Gasteiger partial charge in [0, 0.05) is 36.7 Å². The Morgan fingerprint density at radius 3 is 2.41 bits per heavy atom. The minimum Gasteiger partial charge on any atom is -0.493 e. The van der Waals surface area contributed by atoms with Crippen LogP contribution in [0.2, 0.25) is 0 Å². The van der Waals surface area contributed by atoms with Gasteiger partial charge in [0.05, 0.1) is 21.3 Å². The van der Waals surface area contributed by atoms with Crippen molar-refractivity contribution < 1.29 is 23.4 Å². The summed E-state index contributed by atoms with van der Waals surface area (Å²) in [4.78, 5) is 19.5. The fourth-order valence-corrected chi connectivity index (χ4v) is 4.10. The number of amides is 1. The minimum absolute atomic E-state index is 0.0552. The van der Waals surface area contributed by atoms with Crippen LogP contribution < -0.4 is 19.5 Å². The van der Waals surface area contributed by atoms with Crippen molar-refractivity contribution in [3.05, 3.63) is 42.3 Å². The molecule has 0 bridgehead atoms. The third-order valence-electron chi connectivity index (χ3n) is 5.85. The van der Waals surface area contributed by atoms with Crippen molar-refractivity contribution in [3.8, 4) is 17.2 Å². The van der Waals surface area contributed by atoms with Gasteiger partial charge in [-0.05, 0) is 38.1 Å². The van der Waals surface area contributed by atoms with E-state index in [1.165, 1.54) is 0 Å². The number of carbonyl (C=O) groups is 1. The van der Waals surface area contributed by atoms with Crippen molar-refractivity contribution in [3.63, 3.8) is 0 Å². The highest BCUT2D eigenvalue weighted by Gasteiger charge is 2.25. The van der Waals surface area contributed by atoms with Gasteiger partial charge in [0.25, 0.3) is 0 Å². The molecule has 0 aliphatic carbocycles. The number of oxazole rings is 1. The van der Waals surface area contributed by atoms with E-state index >= 15 is 0 Å². The smallest absolute Gasteiger partial charge is 0.225 e. The summed E-state index contributed by atoms with van der Waals surface area (Å²) in [5, 5.41) is 2.93. The van der Waals surface area contributed by atoms with E-state index in [9.17, 15) is 4.79 Å². The van der Waals surface area contributed by atoms with Gasteiger partial charge in [-0.25, -0.2) is 4.98 Å². The van der Waals surface area contributed by atoms with Crippen LogP contribution in [0.15, 0.2) is 40.8 Å². The van der Waals surface area contributed by atoms with Crippen LogP contribution in [-0.4, -0.2) is 56.8 Å². The van der Waals surface area contributed by atoms with E-state index in [1.54, 1.807) is 33.5 Å². The van der Waals surface area contributed by atoms with E-state index in [0.29, 0.717) is 41.8 Å². The van der Waals surface area contributed by atoms with Gasteiger partial charge >= 0.3 is 0 Å². The maximum atomic E-state index is 12.5. The maximum Gasteiger partial charge on any atom is 0.225 e. The molecule has 0 atom stereocenters. The predicted octanol–water partition coefficient (Wildman–Crippen LogP) is 4.06. The molecule has 0 saturated carbocycles. The molecular formula is C24H29N3O5. The monoisotopic (exact) mass is 439 g/mol. The van der Waals surface area contributed by atoms with Gasteiger partial charge in [0.15, 0.2) is 23.0 Å². The van der Waals surface area contributed by atoms with Crippen LogP contribution in [-0.2, 0) is 4.79 Å². The van der Waals surface area contributed by atoms with Gasteiger partial charge in [-0.2, -0.15) is 0 Å². The number of rotatable bonds is 8. The quantitative estimate of drug-likeness (QED) is 0.566. The summed E-state index contributed by atoms with van der Waals surface area (Å²) in [5.41, 5.74) is 2.36. The van der Waals surface area contributed by atoms with E-state index in [-0.39, 0.29) is 5.91 Å². The first-order valence-electron chi connectivity index (χ1n) is 10.8. The van der Waals surface area contributed by atoms with Crippen molar-refractivity contribution in [2.24, 2.45) is 0 Å². The van der Waals surface area contributed by atoms with E-state index in [2.05, 4.69) is 15.2 Å². The Hall–Kier alpha value is -3.26. The number of ether oxygens (including phenoxy) is 3. The lowest BCUT2D eigenvalue weighted by molar-refractivity contribution is -0.116. The zero-order valence-corrected chi connectivity index (χ0v) is 18.7. The van der Waals surface area contributed by atoms with Gasteiger partial charge in [0.1, 0.15) is 5.52 Å². The zero-order chi connectivity index (χ0) is 22.5. The molecule has 0 spiro atoms. The third kappa shape index (κ3) is 4.80. The standard InChI is InChI=1S/C24H29N3O5/c1-29-20-14-17(15-21(30-2)23(20)31-3)25-22(28)10-13-27-11-8-16(9-12-27)24-26-18-6-4-5-7-19(18)32-24/h4-7,14-16H,8-13H2,1-3H3,(H,25,28). The van der Waals surface area contributed by atoms with Crippen LogP contribution in [0.1, 0.15) is 31.1 Å². The fourth-order valence-electron chi connectivity index (χ4n) is 4.10. The van der Waals surface area contributed by atoms with E-state index in [1.807, 2.05) is 24.3 Å². The summed E-state index contributed by atoms with van der Waals surface area (Å²) in [6.07, 6.45) is 2.35. The zero-order valence-electron chi connectivity index (χ0n) is 18.7. The van der Waals surface area contributed by atoms with E-state index < -0.39 is 0 Å². The fraction of sp³-hybridized carbons (Fsp3) is 0.417. The number of piperidine rings is 1. The van der Waals surface area contributed by atoms with Crippen LogP contribution in [0.5, 0.6) is 17.2 Å². The molecule has 1 N–H and O–H groups in total. The number of nitrogens with one attached hydrogen (secondary N) is 1. The number of carbonyl (C=O) groups excluding carboxylic acids is 1. The minimum atomic E-state index is -0.0552. The Balaban J connectivity index is 1.28.